The highest BCUT2D eigenvalue weighted by Gasteiger charge is 2.38. The minimum atomic E-state index is -0.433. The maximum Gasteiger partial charge on any atom is 0.300 e. The molecule has 0 saturated carbocycles. The van der Waals surface area contributed by atoms with E-state index in [-0.39, 0.29) is 12.1 Å². The molecule has 20 heavy (non-hydrogen) atoms. The van der Waals surface area contributed by atoms with Gasteiger partial charge in [-0.05, 0) is 26.0 Å². The van der Waals surface area contributed by atoms with Crippen LogP contribution in [0.5, 0.6) is 0 Å². The average Bonchev–Trinajstić information content (AvgIpc) is 2.68. The van der Waals surface area contributed by atoms with Crippen molar-refractivity contribution in [1.82, 2.24) is 4.90 Å². The molecule has 0 spiro atoms. The number of rotatable bonds is 2. The fourth-order valence-corrected chi connectivity index (χ4v) is 2.87. The zero-order valence-electron chi connectivity index (χ0n) is 11.7. The van der Waals surface area contributed by atoms with Gasteiger partial charge in [0.1, 0.15) is 0 Å². The number of nitrogens with zero attached hydrogens (tertiary/aromatic N) is 2. The smallest absolute Gasteiger partial charge is 0.300 e. The van der Waals surface area contributed by atoms with Crippen molar-refractivity contribution in [3.05, 3.63) is 29.8 Å². The van der Waals surface area contributed by atoms with Gasteiger partial charge in [0.2, 0.25) is 0 Å². The molecule has 2 aliphatic rings. The summed E-state index contributed by atoms with van der Waals surface area (Å²) in [5, 5.41) is 0. The molecule has 0 radical (unpaired) electrons. The maximum atomic E-state index is 12.2. The van der Waals surface area contributed by atoms with Crippen LogP contribution in [0.25, 0.3) is 0 Å². The summed E-state index contributed by atoms with van der Waals surface area (Å²) in [6, 6.07) is 7.64. The van der Waals surface area contributed by atoms with Crippen molar-refractivity contribution in [3.8, 4) is 0 Å². The van der Waals surface area contributed by atoms with E-state index in [1.807, 2.05) is 12.1 Å². The second-order valence-electron chi connectivity index (χ2n) is 5.47. The van der Waals surface area contributed by atoms with Gasteiger partial charge in [0.05, 0.1) is 31.1 Å². The first kappa shape index (κ1) is 13.3. The van der Waals surface area contributed by atoms with Gasteiger partial charge in [0.25, 0.3) is 5.78 Å². The van der Waals surface area contributed by atoms with Crippen LogP contribution in [0, 0.1) is 0 Å². The summed E-state index contributed by atoms with van der Waals surface area (Å²) in [6.07, 6.45) is 0. The van der Waals surface area contributed by atoms with E-state index in [2.05, 4.69) is 18.7 Å². The van der Waals surface area contributed by atoms with Crippen LogP contribution in [0.4, 0.5) is 5.69 Å². The summed E-state index contributed by atoms with van der Waals surface area (Å²) in [6.45, 7) is 5.89. The molecule has 5 nitrogen and oxygen atoms in total. The summed E-state index contributed by atoms with van der Waals surface area (Å²) < 4.78 is 5.49. The number of para-hydroxylation sites is 1. The molecule has 0 aliphatic carbocycles. The summed E-state index contributed by atoms with van der Waals surface area (Å²) in [5.74, 6) is -0.841. The molecule has 2 aliphatic heterocycles. The molecule has 1 aromatic carbocycles. The lowest BCUT2D eigenvalue weighted by Gasteiger charge is -2.40. The van der Waals surface area contributed by atoms with Crippen LogP contribution in [0.15, 0.2) is 24.3 Å². The minimum Gasteiger partial charge on any atom is -0.378 e. The predicted molar refractivity (Wildman–Crippen MR) is 74.7 cm³/mol. The van der Waals surface area contributed by atoms with Crippen molar-refractivity contribution in [2.75, 3.05) is 24.8 Å². The quantitative estimate of drug-likeness (QED) is 0.762. The van der Waals surface area contributed by atoms with E-state index < -0.39 is 11.7 Å². The highest BCUT2D eigenvalue weighted by Crippen LogP contribution is 2.29. The summed E-state index contributed by atoms with van der Waals surface area (Å²) >= 11 is 0. The number of morpholine rings is 1. The van der Waals surface area contributed by atoms with E-state index in [1.165, 1.54) is 0 Å². The number of hydrogen-bond acceptors (Lipinski definition) is 4. The first-order valence-corrected chi connectivity index (χ1v) is 6.88. The molecular weight excluding hydrogens is 256 g/mol. The highest BCUT2D eigenvalue weighted by molar-refractivity contribution is 6.52. The van der Waals surface area contributed by atoms with Crippen molar-refractivity contribution < 1.29 is 14.3 Å². The molecule has 0 aromatic heterocycles. The molecular formula is C15H18N2O3. The number of ether oxygens (including phenoxy) is 1. The Balaban J connectivity index is 1.87. The second kappa shape index (κ2) is 5.00. The number of benzene rings is 1. The Morgan fingerprint density at radius 1 is 1.15 bits per heavy atom. The molecule has 1 amide bonds. The molecule has 5 heteroatoms. The molecule has 1 aromatic rings. The standard InChI is InChI=1S/C15H18N2O3/c1-10-7-20-8-11(2)16(10)9-17-13-6-4-3-5-12(13)14(18)15(17)19/h3-6,10-11H,7-9H2,1-2H3. The molecule has 2 heterocycles. The van der Waals surface area contributed by atoms with Crippen molar-refractivity contribution in [3.63, 3.8) is 0 Å². The lowest BCUT2D eigenvalue weighted by molar-refractivity contribution is -0.115. The number of Topliss-reactive ketones (excluding diaryl/α,β-unsaturated/α-hetero) is 1. The molecule has 2 unspecified atom stereocenters. The van der Waals surface area contributed by atoms with Crippen LogP contribution in [-0.4, -0.2) is 48.6 Å². The van der Waals surface area contributed by atoms with Crippen LogP contribution in [0.2, 0.25) is 0 Å². The van der Waals surface area contributed by atoms with Crippen LogP contribution >= 0.6 is 0 Å². The Morgan fingerprint density at radius 3 is 2.50 bits per heavy atom. The number of carbonyl (C=O) groups is 2. The Labute approximate surface area is 118 Å². The Hall–Kier alpha value is -1.72. The lowest BCUT2D eigenvalue weighted by Crippen LogP contribution is -2.54. The van der Waals surface area contributed by atoms with Gasteiger partial charge in [-0.3, -0.25) is 19.4 Å². The normalized spacial score (nSPS) is 27.0. The van der Waals surface area contributed by atoms with E-state index in [0.717, 1.165) is 0 Å². The van der Waals surface area contributed by atoms with Crippen molar-refractivity contribution in [1.29, 1.82) is 0 Å². The van der Waals surface area contributed by atoms with E-state index in [9.17, 15) is 9.59 Å². The Kier molecular flexibility index (Phi) is 3.31. The third kappa shape index (κ3) is 2.03. The molecule has 106 valence electrons. The SMILES string of the molecule is CC1COCC(C)N1CN1C(=O)C(=O)c2ccccc21. The van der Waals surface area contributed by atoms with Gasteiger partial charge in [-0.15, -0.1) is 0 Å². The summed E-state index contributed by atoms with van der Waals surface area (Å²) in [7, 11) is 0. The molecule has 0 N–H and O–H groups in total. The second-order valence-corrected chi connectivity index (χ2v) is 5.47. The van der Waals surface area contributed by atoms with Crippen LogP contribution in [0.3, 0.4) is 0 Å². The largest absolute Gasteiger partial charge is 0.378 e. The Bertz CT molecular complexity index is 548. The molecule has 2 atom stereocenters. The molecule has 0 bridgehead atoms. The Morgan fingerprint density at radius 2 is 1.80 bits per heavy atom. The number of carbonyl (C=O) groups excluding carboxylic acids is 2. The average molecular weight is 274 g/mol. The topological polar surface area (TPSA) is 49.9 Å². The van der Waals surface area contributed by atoms with Crippen LogP contribution < -0.4 is 4.90 Å². The fraction of sp³-hybridized carbons (Fsp3) is 0.467. The molecule has 1 saturated heterocycles. The first-order chi connectivity index (χ1) is 9.59. The van der Waals surface area contributed by atoms with Gasteiger partial charge in [0.15, 0.2) is 0 Å². The van der Waals surface area contributed by atoms with Gasteiger partial charge in [-0.1, -0.05) is 12.1 Å². The van der Waals surface area contributed by atoms with Gasteiger partial charge < -0.3 is 4.74 Å². The fourth-order valence-electron chi connectivity index (χ4n) is 2.87. The van der Waals surface area contributed by atoms with E-state index >= 15 is 0 Å². The highest BCUT2D eigenvalue weighted by atomic mass is 16.5. The summed E-state index contributed by atoms with van der Waals surface area (Å²) in [4.78, 5) is 27.9. The molecule has 3 rings (SSSR count). The van der Waals surface area contributed by atoms with E-state index in [0.29, 0.717) is 31.1 Å². The van der Waals surface area contributed by atoms with Gasteiger partial charge >= 0.3 is 5.91 Å². The van der Waals surface area contributed by atoms with E-state index in [4.69, 9.17) is 4.74 Å². The first-order valence-electron chi connectivity index (χ1n) is 6.88. The number of hydrogen-bond donors (Lipinski definition) is 0. The third-order valence-electron chi connectivity index (χ3n) is 4.03. The summed E-state index contributed by atoms with van der Waals surface area (Å²) in [5.41, 5.74) is 1.22. The van der Waals surface area contributed by atoms with Crippen molar-refractivity contribution >= 4 is 17.4 Å². The maximum absolute atomic E-state index is 12.2. The van der Waals surface area contributed by atoms with Gasteiger partial charge in [-0.2, -0.15) is 0 Å². The monoisotopic (exact) mass is 274 g/mol. The van der Waals surface area contributed by atoms with Gasteiger partial charge in [-0.25, -0.2) is 0 Å². The third-order valence-corrected chi connectivity index (χ3v) is 4.03. The zero-order valence-corrected chi connectivity index (χ0v) is 11.7. The predicted octanol–water partition coefficient (Wildman–Crippen LogP) is 1.28. The molecule has 1 fully saturated rings. The van der Waals surface area contributed by atoms with Crippen LogP contribution in [-0.2, 0) is 9.53 Å². The van der Waals surface area contributed by atoms with Crippen molar-refractivity contribution in [2.24, 2.45) is 0 Å². The van der Waals surface area contributed by atoms with Crippen molar-refractivity contribution in [2.45, 2.75) is 25.9 Å². The number of anilines is 1. The number of fused-ring (bicyclic) bond motifs is 1. The number of amides is 1. The zero-order chi connectivity index (χ0) is 14.3. The van der Waals surface area contributed by atoms with Gasteiger partial charge in [0, 0.05) is 12.1 Å². The lowest BCUT2D eigenvalue weighted by atomic mass is 10.1. The minimum absolute atomic E-state index is 0.231. The van der Waals surface area contributed by atoms with Crippen LogP contribution in [0.1, 0.15) is 24.2 Å². The number of ketones is 1. The van der Waals surface area contributed by atoms with E-state index in [1.54, 1.807) is 17.0 Å².